The zero-order valence-corrected chi connectivity index (χ0v) is 13.6. The number of hydrogen-bond acceptors (Lipinski definition) is 3. The van der Waals surface area contributed by atoms with Crippen molar-refractivity contribution in [3.05, 3.63) is 53.4 Å². The molecule has 2 aromatic heterocycles. The minimum atomic E-state index is 0.0707. The van der Waals surface area contributed by atoms with Gasteiger partial charge in [-0.1, -0.05) is 24.3 Å². The van der Waals surface area contributed by atoms with Crippen LogP contribution in [0.1, 0.15) is 24.2 Å². The number of benzene rings is 1. The monoisotopic (exact) mass is 310 g/mol. The van der Waals surface area contributed by atoms with Crippen molar-refractivity contribution in [2.24, 2.45) is 0 Å². The van der Waals surface area contributed by atoms with E-state index in [1.54, 1.807) is 11.3 Å². The SMILES string of the molecule is CCN(CC)C(=O)c1cc(-c2cccs2)nc2ccccc12. The van der Waals surface area contributed by atoms with Crippen molar-refractivity contribution in [1.29, 1.82) is 0 Å². The van der Waals surface area contributed by atoms with Crippen molar-refractivity contribution in [2.45, 2.75) is 13.8 Å². The van der Waals surface area contributed by atoms with Crippen LogP contribution in [-0.2, 0) is 0 Å². The van der Waals surface area contributed by atoms with Crippen LogP contribution >= 0.6 is 11.3 Å². The summed E-state index contributed by atoms with van der Waals surface area (Å²) < 4.78 is 0. The normalized spacial score (nSPS) is 10.8. The number of amides is 1. The fraction of sp³-hybridized carbons (Fsp3) is 0.222. The molecule has 0 bridgehead atoms. The molecule has 0 aliphatic carbocycles. The molecule has 1 aromatic carbocycles. The van der Waals surface area contributed by atoms with Crippen LogP contribution in [0.2, 0.25) is 0 Å². The molecule has 2 heterocycles. The summed E-state index contributed by atoms with van der Waals surface area (Å²) >= 11 is 1.64. The minimum absolute atomic E-state index is 0.0707. The summed E-state index contributed by atoms with van der Waals surface area (Å²) in [5.74, 6) is 0.0707. The molecule has 0 fully saturated rings. The first-order chi connectivity index (χ1) is 10.7. The van der Waals surface area contributed by atoms with Gasteiger partial charge in [0.25, 0.3) is 5.91 Å². The Labute approximate surface area is 134 Å². The Hall–Kier alpha value is -2.20. The summed E-state index contributed by atoms with van der Waals surface area (Å²) in [5.41, 5.74) is 2.46. The second-order valence-corrected chi connectivity index (χ2v) is 5.97. The predicted octanol–water partition coefficient (Wildman–Crippen LogP) is 4.45. The summed E-state index contributed by atoms with van der Waals surface area (Å²) in [6, 6.07) is 13.8. The number of para-hydroxylation sites is 1. The molecule has 0 aliphatic rings. The highest BCUT2D eigenvalue weighted by Gasteiger charge is 2.18. The maximum absolute atomic E-state index is 12.8. The van der Waals surface area contributed by atoms with Crippen LogP contribution in [0.15, 0.2) is 47.8 Å². The minimum Gasteiger partial charge on any atom is -0.339 e. The first-order valence-electron chi connectivity index (χ1n) is 7.47. The van der Waals surface area contributed by atoms with Crippen molar-refractivity contribution in [3.63, 3.8) is 0 Å². The Balaban J connectivity index is 2.21. The maximum Gasteiger partial charge on any atom is 0.254 e. The highest BCUT2D eigenvalue weighted by Crippen LogP contribution is 2.28. The van der Waals surface area contributed by atoms with E-state index in [4.69, 9.17) is 4.98 Å². The molecule has 112 valence electrons. The number of pyridine rings is 1. The van der Waals surface area contributed by atoms with Crippen LogP contribution in [0.5, 0.6) is 0 Å². The van der Waals surface area contributed by atoms with Gasteiger partial charge in [-0.25, -0.2) is 4.98 Å². The topological polar surface area (TPSA) is 33.2 Å². The molecule has 22 heavy (non-hydrogen) atoms. The third-order valence-corrected chi connectivity index (χ3v) is 4.66. The second kappa shape index (κ2) is 6.28. The molecule has 0 saturated heterocycles. The number of fused-ring (bicyclic) bond motifs is 1. The Morgan fingerprint density at radius 1 is 1.14 bits per heavy atom. The highest BCUT2D eigenvalue weighted by atomic mass is 32.1. The van der Waals surface area contributed by atoms with Gasteiger partial charge in [-0.2, -0.15) is 0 Å². The van der Waals surface area contributed by atoms with Crippen LogP contribution in [-0.4, -0.2) is 28.9 Å². The number of nitrogens with zero attached hydrogens (tertiary/aromatic N) is 2. The number of hydrogen-bond donors (Lipinski definition) is 0. The molecule has 0 unspecified atom stereocenters. The Bertz CT molecular complexity index is 792. The van der Waals surface area contributed by atoms with Crippen molar-refractivity contribution in [2.75, 3.05) is 13.1 Å². The lowest BCUT2D eigenvalue weighted by Gasteiger charge is -2.20. The summed E-state index contributed by atoms with van der Waals surface area (Å²) in [6.07, 6.45) is 0. The van der Waals surface area contributed by atoms with Gasteiger partial charge in [0.1, 0.15) is 0 Å². The first kappa shape index (κ1) is 14.7. The van der Waals surface area contributed by atoms with E-state index in [1.807, 2.05) is 66.6 Å². The lowest BCUT2D eigenvalue weighted by molar-refractivity contribution is 0.0775. The van der Waals surface area contributed by atoms with Gasteiger partial charge >= 0.3 is 0 Å². The smallest absolute Gasteiger partial charge is 0.254 e. The molecule has 0 saturated carbocycles. The molecule has 0 radical (unpaired) electrons. The molecule has 0 aliphatic heterocycles. The third kappa shape index (κ3) is 2.62. The van der Waals surface area contributed by atoms with Crippen molar-refractivity contribution < 1.29 is 4.79 Å². The van der Waals surface area contributed by atoms with E-state index in [1.165, 1.54) is 0 Å². The average molecular weight is 310 g/mol. The number of aromatic nitrogens is 1. The van der Waals surface area contributed by atoms with Gasteiger partial charge in [-0.3, -0.25) is 4.79 Å². The largest absolute Gasteiger partial charge is 0.339 e. The molecule has 0 atom stereocenters. The highest BCUT2D eigenvalue weighted by molar-refractivity contribution is 7.13. The predicted molar refractivity (Wildman–Crippen MR) is 92.3 cm³/mol. The summed E-state index contributed by atoms with van der Waals surface area (Å²) in [5, 5.41) is 2.94. The Morgan fingerprint density at radius 3 is 2.59 bits per heavy atom. The second-order valence-electron chi connectivity index (χ2n) is 5.03. The molecule has 4 heteroatoms. The Morgan fingerprint density at radius 2 is 1.91 bits per heavy atom. The van der Waals surface area contributed by atoms with Crippen molar-refractivity contribution >= 4 is 28.1 Å². The van der Waals surface area contributed by atoms with E-state index in [0.29, 0.717) is 13.1 Å². The zero-order chi connectivity index (χ0) is 15.5. The molecule has 3 aromatic rings. The first-order valence-corrected chi connectivity index (χ1v) is 8.35. The van der Waals surface area contributed by atoms with E-state index in [0.717, 1.165) is 27.0 Å². The van der Waals surface area contributed by atoms with Gasteiger partial charge in [0.15, 0.2) is 0 Å². The quantitative estimate of drug-likeness (QED) is 0.713. The average Bonchev–Trinajstić information content (AvgIpc) is 3.09. The lowest BCUT2D eigenvalue weighted by Crippen LogP contribution is -2.30. The fourth-order valence-corrected chi connectivity index (χ4v) is 3.27. The van der Waals surface area contributed by atoms with Crippen molar-refractivity contribution in [1.82, 2.24) is 9.88 Å². The van der Waals surface area contributed by atoms with Gasteiger partial charge in [-0.05, 0) is 37.4 Å². The van der Waals surface area contributed by atoms with Crippen molar-refractivity contribution in [3.8, 4) is 10.6 Å². The summed E-state index contributed by atoms with van der Waals surface area (Å²) in [6.45, 7) is 5.43. The van der Waals surface area contributed by atoms with Crippen LogP contribution in [0, 0.1) is 0 Å². The van der Waals surface area contributed by atoms with Crippen LogP contribution in [0.25, 0.3) is 21.5 Å². The fourth-order valence-electron chi connectivity index (χ4n) is 2.58. The molecular weight excluding hydrogens is 292 g/mol. The standard InChI is InChI=1S/C18H18N2OS/c1-3-20(4-2)18(21)14-12-16(17-10-7-11-22-17)19-15-9-6-5-8-13(14)15/h5-12H,3-4H2,1-2H3. The summed E-state index contributed by atoms with van der Waals surface area (Å²) in [4.78, 5) is 20.5. The third-order valence-electron chi connectivity index (χ3n) is 3.77. The Kier molecular flexibility index (Phi) is 4.20. The summed E-state index contributed by atoms with van der Waals surface area (Å²) in [7, 11) is 0. The number of rotatable bonds is 4. The van der Waals surface area contributed by atoms with Crippen LogP contribution in [0.4, 0.5) is 0 Å². The van der Waals surface area contributed by atoms with Gasteiger partial charge in [-0.15, -0.1) is 11.3 Å². The molecule has 0 spiro atoms. The van der Waals surface area contributed by atoms with E-state index in [9.17, 15) is 4.79 Å². The van der Waals surface area contributed by atoms with Gasteiger partial charge in [0.05, 0.1) is 21.7 Å². The van der Waals surface area contributed by atoms with E-state index >= 15 is 0 Å². The van der Waals surface area contributed by atoms with E-state index in [-0.39, 0.29) is 5.91 Å². The molecule has 1 amide bonds. The van der Waals surface area contributed by atoms with Gasteiger partial charge < -0.3 is 4.90 Å². The zero-order valence-electron chi connectivity index (χ0n) is 12.7. The number of carbonyl (C=O) groups is 1. The molecule has 3 rings (SSSR count). The van der Waals surface area contributed by atoms with Gasteiger partial charge in [0, 0.05) is 18.5 Å². The van der Waals surface area contributed by atoms with E-state index in [2.05, 4.69) is 0 Å². The van der Waals surface area contributed by atoms with Crippen LogP contribution in [0.3, 0.4) is 0 Å². The number of thiophene rings is 1. The maximum atomic E-state index is 12.8. The van der Waals surface area contributed by atoms with Crippen LogP contribution < -0.4 is 0 Å². The molecular formula is C18H18N2OS. The van der Waals surface area contributed by atoms with Gasteiger partial charge in [0.2, 0.25) is 0 Å². The lowest BCUT2D eigenvalue weighted by atomic mass is 10.1. The molecule has 3 nitrogen and oxygen atoms in total. The number of carbonyl (C=O) groups excluding carboxylic acids is 1. The van der Waals surface area contributed by atoms with E-state index < -0.39 is 0 Å². The molecule has 0 N–H and O–H groups in total.